The van der Waals surface area contributed by atoms with Gasteiger partial charge in [0.05, 0.1) is 9.70 Å². The van der Waals surface area contributed by atoms with Crippen LogP contribution in [-0.2, 0) is 9.59 Å². The minimum atomic E-state index is -0.743. The average Bonchev–Trinajstić information content (AvgIpc) is 2.88. The van der Waals surface area contributed by atoms with Gasteiger partial charge in [0.2, 0.25) is 5.91 Å². The summed E-state index contributed by atoms with van der Waals surface area (Å²) in [7, 11) is 0. The van der Waals surface area contributed by atoms with Crippen LogP contribution >= 0.6 is 27.3 Å². The molecule has 4 nitrogen and oxygen atoms in total. The van der Waals surface area contributed by atoms with Gasteiger partial charge < -0.3 is 10.4 Å². The van der Waals surface area contributed by atoms with Crippen molar-refractivity contribution in [2.24, 2.45) is 11.8 Å². The van der Waals surface area contributed by atoms with Crippen LogP contribution < -0.4 is 5.32 Å². The van der Waals surface area contributed by atoms with Crippen LogP contribution in [0.25, 0.3) is 6.08 Å². The molecular formula is C15H18BrNO3S. The first-order valence-electron chi connectivity index (χ1n) is 7.00. The van der Waals surface area contributed by atoms with Gasteiger partial charge in [-0.1, -0.05) is 12.8 Å². The number of hydrogen-bond donors (Lipinski definition) is 2. The van der Waals surface area contributed by atoms with E-state index in [0.29, 0.717) is 6.54 Å². The molecule has 1 heterocycles. The highest BCUT2D eigenvalue weighted by Gasteiger charge is 2.30. The van der Waals surface area contributed by atoms with Gasteiger partial charge in [0.1, 0.15) is 0 Å². The van der Waals surface area contributed by atoms with Gasteiger partial charge >= 0.3 is 5.97 Å². The average molecular weight is 372 g/mol. The van der Waals surface area contributed by atoms with Crippen molar-refractivity contribution in [2.75, 3.05) is 6.54 Å². The third kappa shape index (κ3) is 4.97. The molecule has 2 unspecified atom stereocenters. The smallest absolute Gasteiger partial charge is 0.306 e. The van der Waals surface area contributed by atoms with E-state index in [-0.39, 0.29) is 17.7 Å². The number of carbonyl (C=O) groups is 2. The molecule has 0 saturated heterocycles. The van der Waals surface area contributed by atoms with Crippen molar-refractivity contribution in [2.45, 2.75) is 25.7 Å². The Balaban J connectivity index is 1.82. The Bertz CT molecular complexity index is 541. The van der Waals surface area contributed by atoms with Crippen LogP contribution in [0.1, 0.15) is 30.6 Å². The maximum Gasteiger partial charge on any atom is 0.306 e. The first-order chi connectivity index (χ1) is 10.1. The Hall–Kier alpha value is -1.14. The van der Waals surface area contributed by atoms with Gasteiger partial charge in [-0.2, -0.15) is 0 Å². The molecule has 1 aromatic heterocycles. The number of amides is 1. The molecule has 1 aliphatic rings. The van der Waals surface area contributed by atoms with Gasteiger partial charge in [-0.05, 0) is 52.9 Å². The molecule has 0 aliphatic heterocycles. The van der Waals surface area contributed by atoms with Crippen molar-refractivity contribution < 1.29 is 14.7 Å². The lowest BCUT2D eigenvalue weighted by Crippen LogP contribution is -2.36. The fourth-order valence-electron chi connectivity index (χ4n) is 2.64. The van der Waals surface area contributed by atoms with Crippen LogP contribution in [0.5, 0.6) is 0 Å². The van der Waals surface area contributed by atoms with Gasteiger partial charge in [0, 0.05) is 17.5 Å². The lowest BCUT2D eigenvalue weighted by molar-refractivity contribution is -0.145. The molecule has 0 bridgehead atoms. The van der Waals surface area contributed by atoms with Crippen molar-refractivity contribution in [1.82, 2.24) is 5.32 Å². The van der Waals surface area contributed by atoms with Crippen molar-refractivity contribution in [3.05, 3.63) is 26.9 Å². The van der Waals surface area contributed by atoms with Crippen LogP contribution in [0.3, 0.4) is 0 Å². The van der Waals surface area contributed by atoms with Gasteiger partial charge in [-0.25, -0.2) is 0 Å². The van der Waals surface area contributed by atoms with Gasteiger partial charge in [-0.3, -0.25) is 9.59 Å². The first-order valence-corrected chi connectivity index (χ1v) is 8.61. The number of rotatable bonds is 5. The molecule has 0 radical (unpaired) electrons. The number of carbonyl (C=O) groups excluding carboxylic acids is 1. The summed E-state index contributed by atoms with van der Waals surface area (Å²) in [6.07, 6.45) is 6.86. The van der Waals surface area contributed by atoms with Crippen molar-refractivity contribution >= 4 is 45.2 Å². The summed E-state index contributed by atoms with van der Waals surface area (Å²) in [5.41, 5.74) is 0. The maximum absolute atomic E-state index is 11.8. The number of halogens is 1. The minimum Gasteiger partial charge on any atom is -0.481 e. The zero-order chi connectivity index (χ0) is 15.2. The normalized spacial score (nSPS) is 22.3. The highest BCUT2D eigenvalue weighted by Crippen LogP contribution is 2.29. The number of carboxylic acid groups (broad SMARTS) is 1. The molecule has 1 saturated carbocycles. The third-order valence-electron chi connectivity index (χ3n) is 3.76. The monoisotopic (exact) mass is 371 g/mol. The zero-order valence-corrected chi connectivity index (χ0v) is 14.0. The van der Waals surface area contributed by atoms with Crippen molar-refractivity contribution in [3.8, 4) is 0 Å². The predicted molar refractivity (Wildman–Crippen MR) is 87.1 cm³/mol. The molecule has 0 spiro atoms. The van der Waals surface area contributed by atoms with E-state index in [0.717, 1.165) is 34.3 Å². The molecule has 21 heavy (non-hydrogen) atoms. The van der Waals surface area contributed by atoms with Crippen LogP contribution in [0, 0.1) is 11.8 Å². The maximum atomic E-state index is 11.8. The number of nitrogens with one attached hydrogen (secondary N) is 1. The first kappa shape index (κ1) is 16.2. The van der Waals surface area contributed by atoms with Crippen LogP contribution in [0.15, 0.2) is 22.0 Å². The van der Waals surface area contributed by atoms with Crippen molar-refractivity contribution in [1.29, 1.82) is 0 Å². The number of thiophene rings is 1. The summed E-state index contributed by atoms with van der Waals surface area (Å²) in [5, 5.41) is 12.0. The highest BCUT2D eigenvalue weighted by molar-refractivity contribution is 9.11. The lowest BCUT2D eigenvalue weighted by Gasteiger charge is -2.28. The van der Waals surface area contributed by atoms with Crippen LogP contribution in [0.4, 0.5) is 0 Å². The highest BCUT2D eigenvalue weighted by atomic mass is 79.9. The third-order valence-corrected chi connectivity index (χ3v) is 5.35. The second-order valence-electron chi connectivity index (χ2n) is 5.21. The van der Waals surface area contributed by atoms with E-state index in [1.54, 1.807) is 17.4 Å². The zero-order valence-electron chi connectivity index (χ0n) is 11.5. The lowest BCUT2D eigenvalue weighted by atomic mass is 9.79. The SMILES string of the molecule is O=C(C=Cc1ccc(Br)s1)NCC1CCCCC1C(=O)O. The number of aliphatic carboxylic acids is 1. The van der Waals surface area contributed by atoms with Gasteiger partial charge in [-0.15, -0.1) is 11.3 Å². The molecular weight excluding hydrogens is 354 g/mol. The van der Waals surface area contributed by atoms with Crippen molar-refractivity contribution in [3.63, 3.8) is 0 Å². The molecule has 6 heteroatoms. The largest absolute Gasteiger partial charge is 0.481 e. The molecule has 2 N–H and O–H groups in total. The topological polar surface area (TPSA) is 66.4 Å². The Morgan fingerprint density at radius 2 is 2.14 bits per heavy atom. The van der Waals surface area contributed by atoms with Crippen LogP contribution in [0.2, 0.25) is 0 Å². The van der Waals surface area contributed by atoms with E-state index in [2.05, 4.69) is 21.2 Å². The van der Waals surface area contributed by atoms with E-state index in [1.165, 1.54) is 6.08 Å². The Labute approximate surface area is 136 Å². The second-order valence-corrected chi connectivity index (χ2v) is 7.70. The Morgan fingerprint density at radius 3 is 2.81 bits per heavy atom. The van der Waals surface area contributed by atoms with Crippen LogP contribution in [-0.4, -0.2) is 23.5 Å². The van der Waals surface area contributed by atoms with E-state index in [9.17, 15) is 14.7 Å². The Kier molecular flexibility index (Phi) is 5.99. The van der Waals surface area contributed by atoms with E-state index < -0.39 is 5.97 Å². The fraction of sp³-hybridized carbons (Fsp3) is 0.467. The summed E-state index contributed by atoms with van der Waals surface area (Å²) < 4.78 is 1.02. The van der Waals surface area contributed by atoms with E-state index in [1.807, 2.05) is 12.1 Å². The Morgan fingerprint density at radius 1 is 1.38 bits per heavy atom. The summed E-state index contributed by atoms with van der Waals surface area (Å²) in [4.78, 5) is 24.0. The summed E-state index contributed by atoms with van der Waals surface area (Å²) in [5.74, 6) is -1.19. The summed E-state index contributed by atoms with van der Waals surface area (Å²) in [6, 6.07) is 3.86. The standard InChI is InChI=1S/C15H18BrNO3S/c16-13-7-5-11(21-13)6-8-14(18)17-9-10-3-1-2-4-12(10)15(19)20/h5-8,10,12H,1-4,9H2,(H,17,18)(H,19,20). The van der Waals surface area contributed by atoms with E-state index in [4.69, 9.17) is 0 Å². The summed E-state index contributed by atoms with van der Waals surface area (Å²) in [6.45, 7) is 0.439. The van der Waals surface area contributed by atoms with Gasteiger partial charge in [0.15, 0.2) is 0 Å². The van der Waals surface area contributed by atoms with Gasteiger partial charge in [0.25, 0.3) is 0 Å². The summed E-state index contributed by atoms with van der Waals surface area (Å²) >= 11 is 4.92. The molecule has 0 aromatic carbocycles. The molecule has 1 aromatic rings. The molecule has 1 aliphatic carbocycles. The van der Waals surface area contributed by atoms with E-state index >= 15 is 0 Å². The molecule has 2 rings (SSSR count). The molecule has 2 atom stereocenters. The molecule has 114 valence electrons. The molecule has 1 fully saturated rings. The number of carboxylic acids is 1. The predicted octanol–water partition coefficient (Wildman–Crippen LogP) is 3.53. The minimum absolute atomic E-state index is 0.0458. The number of hydrogen-bond acceptors (Lipinski definition) is 3. The quantitative estimate of drug-likeness (QED) is 0.777. The fourth-order valence-corrected chi connectivity index (χ4v) is 3.97. The second kappa shape index (κ2) is 7.75. The molecule has 1 amide bonds.